The average Bonchev–Trinajstić information content (AvgIpc) is 2.00. The van der Waals surface area contributed by atoms with E-state index >= 15 is 0 Å². The highest BCUT2D eigenvalue weighted by Gasteiger charge is 2.12. The first-order chi connectivity index (χ1) is 4.79. The van der Waals surface area contributed by atoms with Crippen LogP contribution in [0.2, 0.25) is 0 Å². The lowest BCUT2D eigenvalue weighted by molar-refractivity contribution is 0.276. The van der Waals surface area contributed by atoms with Crippen molar-refractivity contribution in [3.8, 4) is 0 Å². The molecule has 1 aliphatic rings. The zero-order valence-electron chi connectivity index (χ0n) is 6.99. The van der Waals surface area contributed by atoms with E-state index in [1.54, 1.807) is 0 Å². The van der Waals surface area contributed by atoms with Crippen molar-refractivity contribution in [1.29, 1.82) is 0 Å². The maximum absolute atomic E-state index is 12.3. The van der Waals surface area contributed by atoms with E-state index in [1.807, 2.05) is 13.8 Å². The molecule has 0 unspecified atom stereocenters. The minimum atomic E-state index is -0.541. The lowest BCUT2D eigenvalue weighted by atomic mass is 9.95. The first-order valence-corrected chi connectivity index (χ1v) is 4.10. The van der Waals surface area contributed by atoms with E-state index < -0.39 is 6.17 Å². The molecule has 0 nitrogen and oxygen atoms in total. The molecule has 0 N–H and O–H groups in total. The van der Waals surface area contributed by atoms with Gasteiger partial charge in [-0.25, -0.2) is 4.39 Å². The standard InChI is InChI=1S/C7H11F.C2H6/c1-6-2-4-7(8)5-3-6;1-2/h7H,1-5H2;1-2H3. The molecule has 60 valence electrons. The predicted octanol–water partition coefficient (Wildman–Crippen LogP) is 3.48. The Bertz CT molecular complexity index is 86.9. The van der Waals surface area contributed by atoms with Crippen LogP contribution in [0.15, 0.2) is 12.2 Å². The van der Waals surface area contributed by atoms with Crippen LogP contribution >= 0.6 is 0 Å². The van der Waals surface area contributed by atoms with E-state index in [4.69, 9.17) is 0 Å². The van der Waals surface area contributed by atoms with E-state index in [2.05, 4.69) is 6.58 Å². The summed E-state index contributed by atoms with van der Waals surface area (Å²) in [5.41, 5.74) is 1.22. The molecule has 0 atom stereocenters. The first kappa shape index (κ1) is 9.67. The van der Waals surface area contributed by atoms with Gasteiger partial charge in [0.25, 0.3) is 0 Å². The van der Waals surface area contributed by atoms with Gasteiger partial charge in [0.05, 0.1) is 0 Å². The molecule has 0 saturated heterocycles. The molecule has 0 spiro atoms. The molecule has 0 bridgehead atoms. The minimum absolute atomic E-state index is 0.541. The van der Waals surface area contributed by atoms with Gasteiger partial charge >= 0.3 is 0 Å². The number of halogens is 1. The molecule has 1 heteroatoms. The monoisotopic (exact) mass is 144 g/mol. The van der Waals surface area contributed by atoms with Gasteiger partial charge in [-0.05, 0) is 25.7 Å². The second-order valence-corrected chi connectivity index (χ2v) is 2.42. The summed E-state index contributed by atoms with van der Waals surface area (Å²) in [7, 11) is 0. The van der Waals surface area contributed by atoms with Crippen LogP contribution in [0.1, 0.15) is 39.5 Å². The summed E-state index contributed by atoms with van der Waals surface area (Å²) in [4.78, 5) is 0. The van der Waals surface area contributed by atoms with E-state index in [1.165, 1.54) is 5.57 Å². The third-order valence-electron chi connectivity index (χ3n) is 1.62. The number of hydrogen-bond acceptors (Lipinski definition) is 0. The summed E-state index contributed by atoms with van der Waals surface area (Å²) in [6.07, 6.45) is 2.68. The molecular weight excluding hydrogens is 127 g/mol. The predicted molar refractivity (Wildman–Crippen MR) is 43.9 cm³/mol. The fourth-order valence-corrected chi connectivity index (χ4v) is 0.991. The van der Waals surface area contributed by atoms with Crippen LogP contribution in [0.3, 0.4) is 0 Å². The number of hydrogen-bond donors (Lipinski definition) is 0. The summed E-state index contributed by atoms with van der Waals surface area (Å²) >= 11 is 0. The average molecular weight is 144 g/mol. The zero-order chi connectivity index (χ0) is 7.98. The Morgan fingerprint density at radius 2 is 1.70 bits per heavy atom. The normalized spacial score (nSPS) is 19.7. The minimum Gasteiger partial charge on any atom is -0.247 e. The number of alkyl halides is 1. The van der Waals surface area contributed by atoms with Gasteiger partial charge in [-0.1, -0.05) is 26.0 Å². The Morgan fingerprint density at radius 3 is 2.00 bits per heavy atom. The van der Waals surface area contributed by atoms with Crippen LogP contribution < -0.4 is 0 Å². The molecule has 0 radical (unpaired) electrons. The molecule has 10 heavy (non-hydrogen) atoms. The first-order valence-electron chi connectivity index (χ1n) is 4.10. The molecule has 0 aliphatic heterocycles. The highest BCUT2D eigenvalue weighted by Crippen LogP contribution is 2.23. The van der Waals surface area contributed by atoms with Crippen molar-refractivity contribution in [2.24, 2.45) is 0 Å². The van der Waals surface area contributed by atoms with E-state index in [-0.39, 0.29) is 0 Å². The highest BCUT2D eigenvalue weighted by atomic mass is 19.1. The van der Waals surface area contributed by atoms with Crippen molar-refractivity contribution >= 4 is 0 Å². The summed E-state index contributed by atoms with van der Waals surface area (Å²) < 4.78 is 12.3. The molecule has 1 saturated carbocycles. The summed E-state index contributed by atoms with van der Waals surface area (Å²) in [6, 6.07) is 0. The van der Waals surface area contributed by atoms with Crippen molar-refractivity contribution in [2.45, 2.75) is 45.7 Å². The fourth-order valence-electron chi connectivity index (χ4n) is 0.991. The van der Waals surface area contributed by atoms with E-state index in [9.17, 15) is 4.39 Å². The number of allylic oxidation sites excluding steroid dienone is 1. The van der Waals surface area contributed by atoms with E-state index in [0.29, 0.717) is 12.8 Å². The van der Waals surface area contributed by atoms with Crippen LogP contribution in [0.4, 0.5) is 4.39 Å². The van der Waals surface area contributed by atoms with Gasteiger partial charge in [-0.3, -0.25) is 0 Å². The van der Waals surface area contributed by atoms with Gasteiger partial charge in [0.1, 0.15) is 6.17 Å². The number of rotatable bonds is 0. The summed E-state index contributed by atoms with van der Waals surface area (Å²) in [5.74, 6) is 0. The Labute approximate surface area is 63.1 Å². The summed E-state index contributed by atoms with van der Waals surface area (Å²) in [6.45, 7) is 7.78. The summed E-state index contributed by atoms with van der Waals surface area (Å²) in [5, 5.41) is 0. The van der Waals surface area contributed by atoms with Crippen molar-refractivity contribution in [3.05, 3.63) is 12.2 Å². The SMILES string of the molecule is C=C1CCC(F)CC1.CC. The molecule has 0 aromatic rings. The molecule has 1 aliphatic carbocycles. The molecule has 0 amide bonds. The van der Waals surface area contributed by atoms with Crippen molar-refractivity contribution in [1.82, 2.24) is 0 Å². The van der Waals surface area contributed by atoms with Crippen LogP contribution in [0.5, 0.6) is 0 Å². The van der Waals surface area contributed by atoms with Gasteiger partial charge < -0.3 is 0 Å². The molecule has 0 heterocycles. The Morgan fingerprint density at radius 1 is 1.30 bits per heavy atom. The van der Waals surface area contributed by atoms with Crippen LogP contribution in [-0.4, -0.2) is 6.17 Å². The van der Waals surface area contributed by atoms with Gasteiger partial charge in [-0.2, -0.15) is 0 Å². The quantitative estimate of drug-likeness (QED) is 0.456. The Balaban J connectivity index is 0.000000371. The second-order valence-electron chi connectivity index (χ2n) is 2.42. The van der Waals surface area contributed by atoms with Gasteiger partial charge in [0.15, 0.2) is 0 Å². The molecule has 1 fully saturated rings. The van der Waals surface area contributed by atoms with Crippen molar-refractivity contribution in [2.75, 3.05) is 0 Å². The maximum Gasteiger partial charge on any atom is 0.101 e. The van der Waals surface area contributed by atoms with Gasteiger partial charge in [-0.15, -0.1) is 0 Å². The smallest absolute Gasteiger partial charge is 0.101 e. The largest absolute Gasteiger partial charge is 0.247 e. The van der Waals surface area contributed by atoms with Crippen molar-refractivity contribution in [3.63, 3.8) is 0 Å². The second kappa shape index (κ2) is 5.45. The van der Waals surface area contributed by atoms with Gasteiger partial charge in [0, 0.05) is 0 Å². The Kier molecular flexibility index (Phi) is 5.27. The lowest BCUT2D eigenvalue weighted by Gasteiger charge is -2.15. The zero-order valence-corrected chi connectivity index (χ0v) is 6.99. The fraction of sp³-hybridized carbons (Fsp3) is 0.778. The third-order valence-corrected chi connectivity index (χ3v) is 1.62. The third kappa shape index (κ3) is 3.65. The molecule has 0 aromatic heterocycles. The van der Waals surface area contributed by atoms with Crippen molar-refractivity contribution < 1.29 is 4.39 Å². The maximum atomic E-state index is 12.3. The van der Waals surface area contributed by atoms with E-state index in [0.717, 1.165) is 12.8 Å². The highest BCUT2D eigenvalue weighted by molar-refractivity contribution is 4.98. The molecular formula is C9H17F. The van der Waals surface area contributed by atoms with Gasteiger partial charge in [0.2, 0.25) is 0 Å². The molecule has 0 aromatic carbocycles. The topological polar surface area (TPSA) is 0 Å². The van der Waals surface area contributed by atoms with Crippen LogP contribution in [0.25, 0.3) is 0 Å². The van der Waals surface area contributed by atoms with Crippen LogP contribution in [-0.2, 0) is 0 Å². The lowest BCUT2D eigenvalue weighted by Crippen LogP contribution is -2.06. The van der Waals surface area contributed by atoms with Crippen LogP contribution in [0, 0.1) is 0 Å². The molecule has 1 rings (SSSR count). The Hall–Kier alpha value is -0.330.